The van der Waals surface area contributed by atoms with Crippen molar-refractivity contribution in [2.24, 2.45) is 5.92 Å². The highest BCUT2D eigenvalue weighted by atomic mass is 31.2. The molecular formula is C27H32NO5P. The number of alkyl carbamates (subject to hydrolysis) is 1. The summed E-state index contributed by atoms with van der Waals surface area (Å²) in [5.41, 5.74) is 2.48. The number of hydrogen-bond acceptors (Lipinski definition) is 5. The van der Waals surface area contributed by atoms with Crippen LogP contribution in [0.25, 0.3) is 0 Å². The molecule has 0 fully saturated rings. The summed E-state index contributed by atoms with van der Waals surface area (Å²) >= 11 is 0. The maximum atomic E-state index is 14.4. The summed E-state index contributed by atoms with van der Waals surface area (Å²) in [6.45, 7) is 7.80. The van der Waals surface area contributed by atoms with E-state index in [1.165, 1.54) is 0 Å². The second kappa shape index (κ2) is 11.8. The third kappa shape index (κ3) is 7.13. The molecule has 1 unspecified atom stereocenters. The Bertz CT molecular complexity index is 1080. The van der Waals surface area contributed by atoms with Crippen molar-refractivity contribution in [2.75, 3.05) is 0 Å². The number of para-hydroxylation sites is 2. The van der Waals surface area contributed by atoms with Crippen molar-refractivity contribution in [1.29, 1.82) is 0 Å². The Morgan fingerprint density at radius 2 is 1.32 bits per heavy atom. The number of ether oxygens (including phenoxy) is 1. The van der Waals surface area contributed by atoms with E-state index in [4.69, 9.17) is 13.8 Å². The van der Waals surface area contributed by atoms with Gasteiger partial charge in [-0.15, -0.1) is 0 Å². The molecule has 3 aromatic rings. The summed E-state index contributed by atoms with van der Waals surface area (Å²) < 4.78 is 32.0. The minimum atomic E-state index is -3.94. The summed E-state index contributed by atoms with van der Waals surface area (Å²) in [5.74, 6) is 0.0592. The van der Waals surface area contributed by atoms with E-state index in [9.17, 15) is 9.36 Å². The van der Waals surface area contributed by atoms with Gasteiger partial charge in [0, 0.05) is 0 Å². The van der Waals surface area contributed by atoms with Crippen LogP contribution in [0.4, 0.5) is 4.79 Å². The Kier molecular flexibility index (Phi) is 8.78. The minimum Gasteiger partial charge on any atom is -0.445 e. The third-order valence-corrected chi connectivity index (χ3v) is 7.22. The third-order valence-electron chi connectivity index (χ3n) is 5.21. The quantitative estimate of drug-likeness (QED) is 0.309. The SMILES string of the molecule is Cc1ccccc1OP(=O)(Oc1ccccc1C)C(CC(C)C)NC(=O)OCc1ccccc1. The van der Waals surface area contributed by atoms with Crippen LogP contribution in [-0.4, -0.2) is 11.9 Å². The Labute approximate surface area is 201 Å². The highest BCUT2D eigenvalue weighted by molar-refractivity contribution is 7.55. The van der Waals surface area contributed by atoms with Gasteiger partial charge in [-0.2, -0.15) is 0 Å². The standard InChI is InChI=1S/C27H32NO5P/c1-20(2)18-26(28-27(29)31-19-23-14-6-5-7-15-23)34(30,32-24-16-10-8-12-21(24)3)33-25-17-11-9-13-22(25)4/h5-17,20,26H,18-19H2,1-4H3,(H,28,29). The molecule has 34 heavy (non-hydrogen) atoms. The van der Waals surface area contributed by atoms with Crippen LogP contribution in [0.3, 0.4) is 0 Å². The molecular weight excluding hydrogens is 449 g/mol. The highest BCUT2D eigenvalue weighted by Crippen LogP contribution is 2.54. The van der Waals surface area contributed by atoms with Gasteiger partial charge < -0.3 is 19.1 Å². The smallest absolute Gasteiger partial charge is 0.445 e. The fourth-order valence-electron chi connectivity index (χ4n) is 3.35. The predicted octanol–water partition coefficient (Wildman–Crippen LogP) is 7.25. The zero-order valence-corrected chi connectivity index (χ0v) is 21.0. The van der Waals surface area contributed by atoms with Crippen molar-refractivity contribution in [1.82, 2.24) is 5.32 Å². The predicted molar refractivity (Wildman–Crippen MR) is 134 cm³/mol. The van der Waals surface area contributed by atoms with E-state index in [1.54, 1.807) is 24.3 Å². The normalized spacial score (nSPS) is 12.1. The average Bonchev–Trinajstić information content (AvgIpc) is 2.81. The molecule has 0 radical (unpaired) electrons. The van der Waals surface area contributed by atoms with Crippen molar-refractivity contribution in [3.63, 3.8) is 0 Å². The molecule has 0 aliphatic heterocycles. The molecule has 1 N–H and O–H groups in total. The molecule has 180 valence electrons. The Hall–Kier alpha value is -3.24. The first kappa shape index (κ1) is 25.4. The van der Waals surface area contributed by atoms with Crippen LogP contribution in [0.5, 0.6) is 11.5 Å². The van der Waals surface area contributed by atoms with Crippen molar-refractivity contribution >= 4 is 13.7 Å². The van der Waals surface area contributed by atoms with Crippen molar-refractivity contribution < 1.29 is 23.1 Å². The fourth-order valence-corrected chi connectivity index (χ4v) is 5.55. The van der Waals surface area contributed by atoms with Gasteiger partial charge in [-0.05, 0) is 55.0 Å². The lowest BCUT2D eigenvalue weighted by molar-refractivity contribution is 0.136. The van der Waals surface area contributed by atoms with Crippen LogP contribution in [0.15, 0.2) is 78.9 Å². The van der Waals surface area contributed by atoms with Gasteiger partial charge >= 0.3 is 13.7 Å². The van der Waals surface area contributed by atoms with E-state index in [0.29, 0.717) is 17.9 Å². The first-order valence-electron chi connectivity index (χ1n) is 11.3. The maximum Gasteiger partial charge on any atom is 0.453 e. The molecule has 0 aliphatic rings. The van der Waals surface area contributed by atoms with E-state index in [-0.39, 0.29) is 12.5 Å². The first-order valence-corrected chi connectivity index (χ1v) is 13.0. The van der Waals surface area contributed by atoms with Crippen molar-refractivity contribution in [3.05, 3.63) is 95.6 Å². The van der Waals surface area contributed by atoms with Gasteiger partial charge in [0.1, 0.15) is 18.1 Å². The zero-order valence-electron chi connectivity index (χ0n) is 20.1. The average molecular weight is 482 g/mol. The molecule has 0 aliphatic carbocycles. The molecule has 6 nitrogen and oxygen atoms in total. The first-order chi connectivity index (χ1) is 16.3. The number of amides is 1. The van der Waals surface area contributed by atoms with E-state index < -0.39 is 19.5 Å². The largest absolute Gasteiger partial charge is 0.453 e. The number of benzene rings is 3. The highest BCUT2D eigenvalue weighted by Gasteiger charge is 2.42. The van der Waals surface area contributed by atoms with E-state index in [0.717, 1.165) is 16.7 Å². The Morgan fingerprint density at radius 3 is 1.82 bits per heavy atom. The molecule has 0 aromatic heterocycles. The monoisotopic (exact) mass is 481 g/mol. The van der Waals surface area contributed by atoms with E-state index >= 15 is 0 Å². The van der Waals surface area contributed by atoms with Crippen LogP contribution >= 0.6 is 7.60 Å². The molecule has 1 atom stereocenters. The summed E-state index contributed by atoms with van der Waals surface area (Å²) in [7, 11) is -3.94. The van der Waals surface area contributed by atoms with Crippen LogP contribution in [0, 0.1) is 19.8 Å². The number of rotatable bonds is 10. The van der Waals surface area contributed by atoms with Gasteiger partial charge in [-0.3, -0.25) is 0 Å². The number of nitrogens with one attached hydrogen (secondary N) is 1. The lowest BCUT2D eigenvalue weighted by Gasteiger charge is -2.29. The lowest BCUT2D eigenvalue weighted by atomic mass is 10.1. The van der Waals surface area contributed by atoms with Gasteiger partial charge in [-0.25, -0.2) is 9.36 Å². The summed E-state index contributed by atoms with van der Waals surface area (Å²) in [4.78, 5) is 12.7. The summed E-state index contributed by atoms with van der Waals surface area (Å²) in [6, 6.07) is 23.9. The van der Waals surface area contributed by atoms with Crippen molar-refractivity contribution in [2.45, 2.75) is 46.5 Å². The van der Waals surface area contributed by atoms with Gasteiger partial charge in [0.15, 0.2) is 5.78 Å². The zero-order chi connectivity index (χ0) is 24.6. The van der Waals surface area contributed by atoms with Crippen LogP contribution < -0.4 is 14.4 Å². The number of aryl methyl sites for hydroxylation is 2. The van der Waals surface area contributed by atoms with Crippen LogP contribution in [0.2, 0.25) is 0 Å². The summed E-state index contributed by atoms with van der Waals surface area (Å²) in [5, 5.41) is 2.76. The molecule has 0 saturated carbocycles. The maximum absolute atomic E-state index is 14.4. The van der Waals surface area contributed by atoms with Crippen LogP contribution in [0.1, 0.15) is 37.0 Å². The molecule has 0 saturated heterocycles. The molecule has 0 spiro atoms. The lowest BCUT2D eigenvalue weighted by Crippen LogP contribution is -2.38. The minimum absolute atomic E-state index is 0.0999. The molecule has 3 rings (SSSR count). The molecule has 0 bridgehead atoms. The van der Waals surface area contributed by atoms with E-state index in [1.807, 2.05) is 82.3 Å². The number of hydrogen-bond donors (Lipinski definition) is 1. The van der Waals surface area contributed by atoms with Gasteiger partial charge in [0.25, 0.3) is 0 Å². The second-order valence-electron chi connectivity index (χ2n) is 8.60. The topological polar surface area (TPSA) is 73.9 Å². The van der Waals surface area contributed by atoms with Gasteiger partial charge in [0.2, 0.25) is 0 Å². The van der Waals surface area contributed by atoms with Gasteiger partial charge in [-0.1, -0.05) is 80.6 Å². The van der Waals surface area contributed by atoms with E-state index in [2.05, 4.69) is 5.32 Å². The second-order valence-corrected chi connectivity index (χ2v) is 10.7. The van der Waals surface area contributed by atoms with Crippen LogP contribution in [-0.2, 0) is 15.9 Å². The molecule has 3 aromatic carbocycles. The Morgan fingerprint density at radius 1 is 0.824 bits per heavy atom. The Balaban J connectivity index is 1.89. The number of carbonyl (C=O) groups excluding carboxylic acids is 1. The fraction of sp³-hybridized carbons (Fsp3) is 0.296. The number of carbonyl (C=O) groups is 1. The molecule has 7 heteroatoms. The van der Waals surface area contributed by atoms with Crippen molar-refractivity contribution in [3.8, 4) is 11.5 Å². The molecule has 0 heterocycles. The molecule has 1 amide bonds. The van der Waals surface area contributed by atoms with Gasteiger partial charge in [0.05, 0.1) is 0 Å². The summed E-state index contributed by atoms with van der Waals surface area (Å²) in [6.07, 6.45) is -0.313.